The van der Waals surface area contributed by atoms with E-state index in [2.05, 4.69) is 31.0 Å². The van der Waals surface area contributed by atoms with Gasteiger partial charge in [-0.25, -0.2) is 9.37 Å². The number of hydrogen-bond donors (Lipinski definition) is 1. The SMILES string of the molecule is CC[C@@H](C)c1ccc(-n2c(-c3c[nH]c4ccc(F)cc34)nc3ccccc3c2=O)cc1. The zero-order valence-corrected chi connectivity index (χ0v) is 17.4. The quantitative estimate of drug-likeness (QED) is 0.383. The Kier molecular flexibility index (Phi) is 4.66. The minimum atomic E-state index is -0.332. The van der Waals surface area contributed by atoms with E-state index in [-0.39, 0.29) is 11.4 Å². The van der Waals surface area contributed by atoms with Crippen LogP contribution in [0.2, 0.25) is 0 Å². The Labute approximate surface area is 179 Å². The highest BCUT2D eigenvalue weighted by atomic mass is 19.1. The molecule has 0 aliphatic carbocycles. The number of aromatic nitrogens is 3. The maximum absolute atomic E-state index is 14.0. The summed E-state index contributed by atoms with van der Waals surface area (Å²) in [6, 6.07) is 19.9. The lowest BCUT2D eigenvalue weighted by Gasteiger charge is -2.15. The number of nitrogens with zero attached hydrogens (tertiary/aromatic N) is 2. The number of benzene rings is 3. The molecule has 0 aliphatic heterocycles. The molecule has 1 atom stereocenters. The van der Waals surface area contributed by atoms with Crippen LogP contribution in [0.5, 0.6) is 0 Å². The number of nitrogens with one attached hydrogen (secondary N) is 1. The van der Waals surface area contributed by atoms with Gasteiger partial charge in [0.1, 0.15) is 11.6 Å². The number of para-hydroxylation sites is 1. The number of hydrogen-bond acceptors (Lipinski definition) is 2. The van der Waals surface area contributed by atoms with Gasteiger partial charge in [0.05, 0.1) is 16.6 Å². The fourth-order valence-electron chi connectivity index (χ4n) is 4.02. The van der Waals surface area contributed by atoms with Crippen molar-refractivity contribution in [3.63, 3.8) is 0 Å². The molecule has 3 aromatic carbocycles. The maximum atomic E-state index is 14.0. The van der Waals surface area contributed by atoms with Crippen molar-refractivity contribution < 1.29 is 4.39 Å². The second kappa shape index (κ2) is 7.51. The largest absolute Gasteiger partial charge is 0.360 e. The van der Waals surface area contributed by atoms with Crippen LogP contribution in [0.15, 0.2) is 77.7 Å². The predicted molar refractivity (Wildman–Crippen MR) is 123 cm³/mol. The molecule has 5 rings (SSSR count). The monoisotopic (exact) mass is 411 g/mol. The molecule has 0 radical (unpaired) electrons. The molecule has 5 aromatic rings. The summed E-state index contributed by atoms with van der Waals surface area (Å²) in [6.45, 7) is 4.34. The summed E-state index contributed by atoms with van der Waals surface area (Å²) >= 11 is 0. The summed E-state index contributed by atoms with van der Waals surface area (Å²) in [5, 5.41) is 1.23. The molecular formula is C26H22FN3O. The van der Waals surface area contributed by atoms with Gasteiger partial charge in [0, 0.05) is 22.7 Å². The molecular weight excluding hydrogens is 389 g/mol. The van der Waals surface area contributed by atoms with Crippen molar-refractivity contribution in [3.8, 4) is 17.1 Å². The molecule has 154 valence electrons. The standard InChI is InChI=1S/C26H22FN3O/c1-3-16(2)17-8-11-19(12-9-17)30-25(29-24-7-5-4-6-20(24)26(30)31)22-15-28-23-13-10-18(27)14-21(22)23/h4-16,28H,3H2,1-2H3/t16-/m1/s1. The average Bonchev–Trinajstić information content (AvgIpc) is 3.21. The van der Waals surface area contributed by atoms with E-state index < -0.39 is 0 Å². The Balaban J connectivity index is 1.82. The Hall–Kier alpha value is -3.73. The number of halogens is 1. The molecule has 0 saturated carbocycles. The van der Waals surface area contributed by atoms with Gasteiger partial charge in [-0.15, -0.1) is 0 Å². The molecule has 0 unspecified atom stereocenters. The molecule has 31 heavy (non-hydrogen) atoms. The first kappa shape index (κ1) is 19.2. The van der Waals surface area contributed by atoms with Crippen molar-refractivity contribution in [1.29, 1.82) is 0 Å². The molecule has 4 nitrogen and oxygen atoms in total. The smallest absolute Gasteiger partial charge is 0.266 e. The van der Waals surface area contributed by atoms with Crippen LogP contribution in [0.1, 0.15) is 31.7 Å². The van der Waals surface area contributed by atoms with E-state index in [4.69, 9.17) is 4.98 Å². The van der Waals surface area contributed by atoms with Crippen LogP contribution < -0.4 is 5.56 Å². The molecule has 0 bridgehead atoms. The van der Waals surface area contributed by atoms with Gasteiger partial charge in [-0.05, 0) is 60.4 Å². The summed E-state index contributed by atoms with van der Waals surface area (Å²) in [5.74, 6) is 0.592. The topological polar surface area (TPSA) is 50.7 Å². The third-order valence-electron chi connectivity index (χ3n) is 5.99. The molecule has 1 N–H and O–H groups in total. The minimum Gasteiger partial charge on any atom is -0.360 e. The van der Waals surface area contributed by atoms with E-state index in [0.29, 0.717) is 33.6 Å². The molecule has 0 spiro atoms. The Morgan fingerprint density at radius 3 is 2.58 bits per heavy atom. The normalized spacial score (nSPS) is 12.5. The van der Waals surface area contributed by atoms with Crippen molar-refractivity contribution in [2.24, 2.45) is 0 Å². The Morgan fingerprint density at radius 1 is 1.03 bits per heavy atom. The zero-order chi connectivity index (χ0) is 21.5. The van der Waals surface area contributed by atoms with Crippen LogP contribution in [0.25, 0.3) is 38.9 Å². The van der Waals surface area contributed by atoms with Gasteiger partial charge in [0.25, 0.3) is 5.56 Å². The molecule has 0 aliphatic rings. The van der Waals surface area contributed by atoms with Crippen LogP contribution in [-0.4, -0.2) is 14.5 Å². The van der Waals surface area contributed by atoms with E-state index in [1.807, 2.05) is 30.3 Å². The van der Waals surface area contributed by atoms with Crippen molar-refractivity contribution in [1.82, 2.24) is 14.5 Å². The van der Waals surface area contributed by atoms with E-state index in [1.54, 1.807) is 22.9 Å². The van der Waals surface area contributed by atoms with Crippen molar-refractivity contribution in [2.45, 2.75) is 26.2 Å². The maximum Gasteiger partial charge on any atom is 0.266 e. The van der Waals surface area contributed by atoms with Crippen molar-refractivity contribution in [2.75, 3.05) is 0 Å². The number of H-pyrrole nitrogens is 1. The molecule has 0 fully saturated rings. The van der Waals surface area contributed by atoms with E-state index in [9.17, 15) is 9.18 Å². The summed E-state index contributed by atoms with van der Waals surface area (Å²) < 4.78 is 15.6. The predicted octanol–water partition coefficient (Wildman–Crippen LogP) is 6.19. The van der Waals surface area contributed by atoms with Crippen molar-refractivity contribution in [3.05, 3.63) is 94.7 Å². The van der Waals surface area contributed by atoms with Crippen LogP contribution in [0, 0.1) is 5.82 Å². The fraction of sp³-hybridized carbons (Fsp3) is 0.154. The average molecular weight is 411 g/mol. The molecule has 2 heterocycles. The number of rotatable bonds is 4. The lowest BCUT2D eigenvalue weighted by Crippen LogP contribution is -2.22. The van der Waals surface area contributed by atoms with Crippen LogP contribution in [-0.2, 0) is 0 Å². The molecule has 2 aromatic heterocycles. The molecule has 5 heteroatoms. The van der Waals surface area contributed by atoms with Crippen LogP contribution >= 0.6 is 0 Å². The molecule has 0 saturated heterocycles. The van der Waals surface area contributed by atoms with Gasteiger partial charge in [0.15, 0.2) is 0 Å². The summed E-state index contributed by atoms with van der Waals surface area (Å²) in [5.41, 5.74) is 3.89. The van der Waals surface area contributed by atoms with Gasteiger partial charge in [-0.1, -0.05) is 38.1 Å². The minimum absolute atomic E-state index is 0.150. The molecule has 0 amide bonds. The highest BCUT2D eigenvalue weighted by Crippen LogP contribution is 2.30. The fourth-order valence-corrected chi connectivity index (χ4v) is 4.02. The van der Waals surface area contributed by atoms with Crippen LogP contribution in [0.3, 0.4) is 0 Å². The number of aromatic amines is 1. The zero-order valence-electron chi connectivity index (χ0n) is 17.4. The Morgan fingerprint density at radius 2 is 1.81 bits per heavy atom. The lowest BCUT2D eigenvalue weighted by molar-refractivity contribution is 0.630. The van der Waals surface area contributed by atoms with E-state index in [0.717, 1.165) is 17.6 Å². The highest BCUT2D eigenvalue weighted by Gasteiger charge is 2.18. The van der Waals surface area contributed by atoms with Crippen molar-refractivity contribution >= 4 is 21.8 Å². The first-order valence-electron chi connectivity index (χ1n) is 10.5. The summed E-state index contributed by atoms with van der Waals surface area (Å²) in [4.78, 5) is 21.6. The summed E-state index contributed by atoms with van der Waals surface area (Å²) in [7, 11) is 0. The second-order valence-electron chi connectivity index (χ2n) is 7.89. The highest BCUT2D eigenvalue weighted by molar-refractivity contribution is 5.95. The van der Waals surface area contributed by atoms with Gasteiger partial charge in [-0.2, -0.15) is 0 Å². The van der Waals surface area contributed by atoms with E-state index >= 15 is 0 Å². The third kappa shape index (κ3) is 3.22. The Bertz CT molecular complexity index is 1460. The van der Waals surface area contributed by atoms with Gasteiger partial charge >= 0.3 is 0 Å². The first-order valence-corrected chi connectivity index (χ1v) is 10.5. The van der Waals surface area contributed by atoms with Gasteiger partial charge in [-0.3, -0.25) is 9.36 Å². The van der Waals surface area contributed by atoms with Crippen LogP contribution in [0.4, 0.5) is 4.39 Å². The first-order chi connectivity index (χ1) is 15.1. The lowest BCUT2D eigenvalue weighted by atomic mass is 9.98. The number of fused-ring (bicyclic) bond motifs is 2. The summed E-state index contributed by atoms with van der Waals surface area (Å²) in [6.07, 6.45) is 2.83. The van der Waals surface area contributed by atoms with Gasteiger partial charge in [0.2, 0.25) is 0 Å². The van der Waals surface area contributed by atoms with E-state index in [1.165, 1.54) is 17.7 Å². The second-order valence-corrected chi connectivity index (χ2v) is 7.89. The third-order valence-corrected chi connectivity index (χ3v) is 5.99. The van der Waals surface area contributed by atoms with Gasteiger partial charge < -0.3 is 4.98 Å².